The Morgan fingerprint density at radius 3 is 2.77 bits per heavy atom. The highest BCUT2D eigenvalue weighted by molar-refractivity contribution is 5.77. The standard InChI is InChI=1S/C9H18N2O2/c1-6(9(10)12)8(13-2)7-4-3-5-11-7/h6-8,11H,3-5H2,1-2H3,(H2,10,12)/t6?,7?,8-/m1/s1. The van der Waals surface area contributed by atoms with Crippen molar-refractivity contribution in [2.24, 2.45) is 11.7 Å². The Labute approximate surface area is 78.8 Å². The van der Waals surface area contributed by atoms with Gasteiger partial charge in [-0.2, -0.15) is 0 Å². The van der Waals surface area contributed by atoms with Gasteiger partial charge in [0.25, 0.3) is 0 Å². The molecular formula is C9H18N2O2. The topological polar surface area (TPSA) is 64.3 Å². The summed E-state index contributed by atoms with van der Waals surface area (Å²) in [7, 11) is 1.63. The molecule has 76 valence electrons. The summed E-state index contributed by atoms with van der Waals surface area (Å²) in [5.41, 5.74) is 5.23. The number of carbonyl (C=O) groups excluding carboxylic acids is 1. The molecule has 1 aliphatic heterocycles. The van der Waals surface area contributed by atoms with Crippen molar-refractivity contribution in [2.75, 3.05) is 13.7 Å². The largest absolute Gasteiger partial charge is 0.379 e. The highest BCUT2D eigenvalue weighted by Crippen LogP contribution is 2.18. The van der Waals surface area contributed by atoms with E-state index in [2.05, 4.69) is 5.32 Å². The van der Waals surface area contributed by atoms with E-state index in [1.807, 2.05) is 6.92 Å². The van der Waals surface area contributed by atoms with E-state index in [1.165, 1.54) is 0 Å². The zero-order chi connectivity index (χ0) is 9.84. The van der Waals surface area contributed by atoms with E-state index in [0.29, 0.717) is 0 Å². The molecule has 0 aliphatic carbocycles. The molecular weight excluding hydrogens is 168 g/mol. The third-order valence-corrected chi connectivity index (χ3v) is 2.71. The third-order valence-electron chi connectivity index (χ3n) is 2.71. The first kappa shape index (κ1) is 10.5. The van der Waals surface area contributed by atoms with Crippen LogP contribution in [0.1, 0.15) is 19.8 Å². The molecule has 1 aliphatic rings. The van der Waals surface area contributed by atoms with Crippen LogP contribution < -0.4 is 11.1 Å². The number of amides is 1. The maximum Gasteiger partial charge on any atom is 0.222 e. The molecule has 1 rings (SSSR count). The van der Waals surface area contributed by atoms with Crippen LogP contribution >= 0.6 is 0 Å². The van der Waals surface area contributed by atoms with Crippen LogP contribution in [-0.4, -0.2) is 31.7 Å². The van der Waals surface area contributed by atoms with Gasteiger partial charge in [0, 0.05) is 13.2 Å². The fourth-order valence-corrected chi connectivity index (χ4v) is 1.87. The number of rotatable bonds is 4. The summed E-state index contributed by atoms with van der Waals surface area (Å²) < 4.78 is 5.29. The van der Waals surface area contributed by atoms with Gasteiger partial charge in [-0.05, 0) is 19.4 Å². The Morgan fingerprint density at radius 1 is 1.69 bits per heavy atom. The fraction of sp³-hybridized carbons (Fsp3) is 0.889. The van der Waals surface area contributed by atoms with Crippen LogP contribution in [0.2, 0.25) is 0 Å². The van der Waals surface area contributed by atoms with E-state index in [0.717, 1.165) is 19.4 Å². The molecule has 4 heteroatoms. The number of nitrogens with two attached hydrogens (primary N) is 1. The smallest absolute Gasteiger partial charge is 0.222 e. The second-order valence-corrected chi connectivity index (χ2v) is 3.59. The van der Waals surface area contributed by atoms with Gasteiger partial charge in [-0.15, -0.1) is 0 Å². The van der Waals surface area contributed by atoms with Crippen LogP contribution in [0.25, 0.3) is 0 Å². The number of primary amides is 1. The normalized spacial score (nSPS) is 27.1. The summed E-state index contributed by atoms with van der Waals surface area (Å²) in [5.74, 6) is -0.513. The van der Waals surface area contributed by atoms with Gasteiger partial charge >= 0.3 is 0 Å². The summed E-state index contributed by atoms with van der Waals surface area (Å²) in [6.45, 7) is 2.83. The van der Waals surface area contributed by atoms with Crippen molar-refractivity contribution in [3.05, 3.63) is 0 Å². The van der Waals surface area contributed by atoms with Gasteiger partial charge in [0.1, 0.15) is 0 Å². The number of carbonyl (C=O) groups is 1. The lowest BCUT2D eigenvalue weighted by atomic mass is 9.96. The number of nitrogens with one attached hydrogen (secondary N) is 1. The molecule has 2 unspecified atom stereocenters. The Bertz CT molecular complexity index is 178. The monoisotopic (exact) mass is 186 g/mol. The first-order chi connectivity index (χ1) is 6.16. The average molecular weight is 186 g/mol. The molecule has 0 aromatic heterocycles. The number of hydrogen-bond donors (Lipinski definition) is 2. The van der Waals surface area contributed by atoms with Crippen molar-refractivity contribution in [1.29, 1.82) is 0 Å². The first-order valence-corrected chi connectivity index (χ1v) is 4.72. The highest BCUT2D eigenvalue weighted by Gasteiger charge is 2.31. The molecule has 0 spiro atoms. The van der Waals surface area contributed by atoms with Crippen molar-refractivity contribution >= 4 is 5.91 Å². The predicted octanol–water partition coefficient (Wildman–Crippen LogP) is -0.125. The molecule has 1 amide bonds. The van der Waals surface area contributed by atoms with Gasteiger partial charge < -0.3 is 15.8 Å². The van der Waals surface area contributed by atoms with E-state index < -0.39 is 0 Å². The second kappa shape index (κ2) is 4.58. The minimum Gasteiger partial charge on any atom is -0.379 e. The van der Waals surface area contributed by atoms with Crippen LogP contribution in [0.3, 0.4) is 0 Å². The number of ether oxygens (including phenoxy) is 1. The lowest BCUT2D eigenvalue weighted by Crippen LogP contribution is -2.44. The molecule has 0 aromatic rings. The molecule has 1 heterocycles. The summed E-state index contributed by atoms with van der Waals surface area (Å²) in [4.78, 5) is 11.0. The van der Waals surface area contributed by atoms with Crippen molar-refractivity contribution < 1.29 is 9.53 Å². The van der Waals surface area contributed by atoms with E-state index in [9.17, 15) is 4.79 Å². The lowest BCUT2D eigenvalue weighted by molar-refractivity contribution is -0.126. The molecule has 0 saturated carbocycles. The van der Waals surface area contributed by atoms with Crippen LogP contribution in [0.4, 0.5) is 0 Å². The average Bonchev–Trinajstić information content (AvgIpc) is 2.58. The minimum atomic E-state index is -0.291. The SMILES string of the molecule is CO[C@@H](C1CCCN1)C(C)C(N)=O. The van der Waals surface area contributed by atoms with Gasteiger partial charge in [-0.1, -0.05) is 6.92 Å². The molecule has 3 N–H and O–H groups in total. The van der Waals surface area contributed by atoms with Crippen LogP contribution in [0.5, 0.6) is 0 Å². The van der Waals surface area contributed by atoms with Crippen molar-refractivity contribution in [3.8, 4) is 0 Å². The minimum absolute atomic E-state index is 0.0833. The van der Waals surface area contributed by atoms with Crippen molar-refractivity contribution in [2.45, 2.75) is 31.9 Å². The Kier molecular flexibility index (Phi) is 3.69. The van der Waals surface area contributed by atoms with E-state index in [4.69, 9.17) is 10.5 Å². The Balaban J connectivity index is 2.54. The molecule has 13 heavy (non-hydrogen) atoms. The predicted molar refractivity (Wildman–Crippen MR) is 50.2 cm³/mol. The van der Waals surface area contributed by atoms with E-state index >= 15 is 0 Å². The van der Waals surface area contributed by atoms with Crippen LogP contribution in [-0.2, 0) is 9.53 Å². The molecule has 0 aromatic carbocycles. The maximum absolute atomic E-state index is 11.0. The quantitative estimate of drug-likeness (QED) is 0.643. The molecule has 0 bridgehead atoms. The fourth-order valence-electron chi connectivity index (χ4n) is 1.87. The third kappa shape index (κ3) is 2.42. The number of hydrogen-bond acceptors (Lipinski definition) is 3. The van der Waals surface area contributed by atoms with Crippen LogP contribution in [0.15, 0.2) is 0 Å². The van der Waals surface area contributed by atoms with Crippen LogP contribution in [0, 0.1) is 5.92 Å². The summed E-state index contributed by atoms with van der Waals surface area (Å²) in [6.07, 6.45) is 2.13. The summed E-state index contributed by atoms with van der Waals surface area (Å²) in [5, 5.41) is 3.31. The maximum atomic E-state index is 11.0. The Morgan fingerprint density at radius 2 is 2.38 bits per heavy atom. The second-order valence-electron chi connectivity index (χ2n) is 3.59. The van der Waals surface area contributed by atoms with E-state index in [-0.39, 0.29) is 24.0 Å². The lowest BCUT2D eigenvalue weighted by Gasteiger charge is -2.26. The van der Waals surface area contributed by atoms with Gasteiger partial charge in [0.05, 0.1) is 12.0 Å². The number of methoxy groups -OCH3 is 1. The zero-order valence-corrected chi connectivity index (χ0v) is 8.25. The highest BCUT2D eigenvalue weighted by atomic mass is 16.5. The zero-order valence-electron chi connectivity index (χ0n) is 8.25. The van der Waals surface area contributed by atoms with Gasteiger partial charge in [-0.3, -0.25) is 4.79 Å². The molecule has 0 radical (unpaired) electrons. The Hall–Kier alpha value is -0.610. The van der Waals surface area contributed by atoms with E-state index in [1.54, 1.807) is 7.11 Å². The van der Waals surface area contributed by atoms with Gasteiger partial charge in [-0.25, -0.2) is 0 Å². The molecule has 1 fully saturated rings. The van der Waals surface area contributed by atoms with Gasteiger partial charge in [0.15, 0.2) is 0 Å². The molecule has 1 saturated heterocycles. The van der Waals surface area contributed by atoms with Crippen molar-refractivity contribution in [3.63, 3.8) is 0 Å². The summed E-state index contributed by atoms with van der Waals surface area (Å²) >= 11 is 0. The first-order valence-electron chi connectivity index (χ1n) is 4.72. The van der Waals surface area contributed by atoms with Crippen molar-refractivity contribution in [1.82, 2.24) is 5.32 Å². The van der Waals surface area contributed by atoms with Gasteiger partial charge in [0.2, 0.25) is 5.91 Å². The molecule has 4 nitrogen and oxygen atoms in total. The molecule has 3 atom stereocenters. The summed E-state index contributed by atoms with van der Waals surface area (Å²) in [6, 6.07) is 0.285.